The molecule has 2 saturated heterocycles. The molecule has 2 N–H and O–H groups in total. The summed E-state index contributed by atoms with van der Waals surface area (Å²) in [6.45, 7) is 5.41. The highest BCUT2D eigenvalue weighted by Crippen LogP contribution is 2.29. The number of carbonyl (C=O) groups is 1. The Balaban J connectivity index is 1.57. The van der Waals surface area contributed by atoms with Gasteiger partial charge in [0.05, 0.1) is 12.2 Å². The molecule has 0 radical (unpaired) electrons. The number of halogens is 1. The average Bonchev–Trinajstić information content (AvgIpc) is 2.62. The van der Waals surface area contributed by atoms with Gasteiger partial charge in [-0.3, -0.25) is 9.69 Å². The Kier molecular flexibility index (Phi) is 5.50. The number of hydrogen-bond acceptors (Lipinski definition) is 5. The Morgan fingerprint density at radius 2 is 1.92 bits per heavy atom. The SMILES string of the molecule is CNC(=O)[C@@]1(C)CN(CC2(O)CCN(c3ccc(F)cc3)CC2)CCO1. The second kappa shape index (κ2) is 7.50. The van der Waals surface area contributed by atoms with Crippen LogP contribution in [-0.4, -0.2) is 73.5 Å². The van der Waals surface area contributed by atoms with Gasteiger partial charge in [0.2, 0.25) is 0 Å². The molecule has 0 unspecified atom stereocenters. The maximum absolute atomic E-state index is 13.1. The molecule has 1 aromatic rings. The number of anilines is 1. The molecule has 0 aliphatic carbocycles. The van der Waals surface area contributed by atoms with Crippen LogP contribution in [-0.2, 0) is 9.53 Å². The molecule has 2 fully saturated rings. The Morgan fingerprint density at radius 1 is 1.27 bits per heavy atom. The molecular formula is C19H28FN3O3. The van der Waals surface area contributed by atoms with Crippen LogP contribution in [0, 0.1) is 5.82 Å². The number of nitrogens with one attached hydrogen (secondary N) is 1. The number of benzene rings is 1. The molecule has 7 heteroatoms. The topological polar surface area (TPSA) is 65.0 Å². The predicted octanol–water partition coefficient (Wildman–Crippen LogP) is 0.994. The van der Waals surface area contributed by atoms with Crippen molar-refractivity contribution < 1.29 is 19.0 Å². The quantitative estimate of drug-likeness (QED) is 0.833. The van der Waals surface area contributed by atoms with E-state index in [0.29, 0.717) is 39.1 Å². The molecule has 0 spiro atoms. The van der Waals surface area contributed by atoms with Crippen molar-refractivity contribution in [3.05, 3.63) is 30.1 Å². The third kappa shape index (κ3) is 4.16. The van der Waals surface area contributed by atoms with Gasteiger partial charge in [-0.2, -0.15) is 0 Å². The highest BCUT2D eigenvalue weighted by Gasteiger charge is 2.42. The summed E-state index contributed by atoms with van der Waals surface area (Å²) in [4.78, 5) is 16.4. The van der Waals surface area contributed by atoms with Gasteiger partial charge >= 0.3 is 0 Å². The minimum atomic E-state index is -0.877. The Labute approximate surface area is 153 Å². The molecule has 2 aliphatic rings. The van der Waals surface area contributed by atoms with Crippen LogP contribution >= 0.6 is 0 Å². The molecule has 2 aliphatic heterocycles. The van der Waals surface area contributed by atoms with Crippen molar-refractivity contribution in [2.45, 2.75) is 31.0 Å². The molecule has 0 aromatic heterocycles. The molecule has 1 aromatic carbocycles. The largest absolute Gasteiger partial charge is 0.388 e. The Hall–Kier alpha value is -1.70. The van der Waals surface area contributed by atoms with Crippen molar-refractivity contribution in [3.63, 3.8) is 0 Å². The van der Waals surface area contributed by atoms with E-state index in [9.17, 15) is 14.3 Å². The molecule has 0 saturated carbocycles. The Morgan fingerprint density at radius 3 is 2.54 bits per heavy atom. The van der Waals surface area contributed by atoms with Crippen molar-refractivity contribution >= 4 is 11.6 Å². The smallest absolute Gasteiger partial charge is 0.253 e. The minimum Gasteiger partial charge on any atom is -0.388 e. The molecule has 144 valence electrons. The first-order valence-electron chi connectivity index (χ1n) is 9.15. The van der Waals surface area contributed by atoms with E-state index in [0.717, 1.165) is 18.8 Å². The minimum absolute atomic E-state index is 0.139. The molecule has 1 atom stereocenters. The van der Waals surface area contributed by atoms with Gasteiger partial charge in [0.15, 0.2) is 5.60 Å². The van der Waals surface area contributed by atoms with E-state index >= 15 is 0 Å². The van der Waals surface area contributed by atoms with Gasteiger partial charge in [0.1, 0.15) is 5.82 Å². The summed E-state index contributed by atoms with van der Waals surface area (Å²) in [5.74, 6) is -0.380. The lowest BCUT2D eigenvalue weighted by atomic mass is 9.89. The van der Waals surface area contributed by atoms with E-state index in [2.05, 4.69) is 15.1 Å². The maximum atomic E-state index is 13.1. The van der Waals surface area contributed by atoms with E-state index in [4.69, 9.17) is 4.74 Å². The zero-order valence-electron chi connectivity index (χ0n) is 15.5. The fourth-order valence-corrected chi connectivity index (χ4v) is 3.90. The highest BCUT2D eigenvalue weighted by atomic mass is 19.1. The molecule has 3 rings (SSSR count). The van der Waals surface area contributed by atoms with Gasteiger partial charge in [-0.05, 0) is 44.0 Å². The number of likely N-dealkylation sites (N-methyl/N-ethyl adjacent to an activating group) is 1. The van der Waals surface area contributed by atoms with E-state index in [-0.39, 0.29) is 11.7 Å². The van der Waals surface area contributed by atoms with Gasteiger partial charge in [0.25, 0.3) is 5.91 Å². The van der Waals surface area contributed by atoms with Gasteiger partial charge in [-0.25, -0.2) is 4.39 Å². The van der Waals surface area contributed by atoms with E-state index in [1.807, 2.05) is 0 Å². The van der Waals surface area contributed by atoms with Crippen molar-refractivity contribution in [2.75, 3.05) is 51.3 Å². The second-order valence-corrected chi connectivity index (χ2v) is 7.56. The fourth-order valence-electron chi connectivity index (χ4n) is 3.90. The standard InChI is InChI=1S/C19H28FN3O3/c1-18(17(24)21-2)13-22(11-12-26-18)14-19(25)7-9-23(10-8-19)16-5-3-15(20)4-6-16/h3-6,25H,7-14H2,1-2H3,(H,21,24)/t18-/m1/s1. The van der Waals surface area contributed by atoms with Crippen LogP contribution in [0.1, 0.15) is 19.8 Å². The van der Waals surface area contributed by atoms with Gasteiger partial charge < -0.3 is 20.1 Å². The zero-order chi connectivity index (χ0) is 18.8. The normalized spacial score (nSPS) is 26.5. The number of morpholine rings is 1. The predicted molar refractivity (Wildman–Crippen MR) is 97.7 cm³/mol. The monoisotopic (exact) mass is 365 g/mol. The summed E-state index contributed by atoms with van der Waals surface area (Å²) in [7, 11) is 1.61. The number of rotatable bonds is 4. The number of carbonyl (C=O) groups excluding carboxylic acids is 1. The van der Waals surface area contributed by atoms with Crippen LogP contribution in [0.2, 0.25) is 0 Å². The van der Waals surface area contributed by atoms with Crippen LogP contribution < -0.4 is 10.2 Å². The lowest BCUT2D eigenvalue weighted by Gasteiger charge is -2.45. The van der Waals surface area contributed by atoms with Gasteiger partial charge in [-0.15, -0.1) is 0 Å². The van der Waals surface area contributed by atoms with Crippen LogP contribution in [0.3, 0.4) is 0 Å². The third-order valence-corrected chi connectivity index (χ3v) is 5.46. The van der Waals surface area contributed by atoms with E-state index < -0.39 is 11.2 Å². The van der Waals surface area contributed by atoms with E-state index in [1.54, 1.807) is 26.1 Å². The molecule has 0 bridgehead atoms. The number of β-amino-alcohol motifs (C(OH)–C–C–N with tert-alkyl or cyclic N) is 1. The van der Waals surface area contributed by atoms with Gasteiger partial charge in [-0.1, -0.05) is 0 Å². The van der Waals surface area contributed by atoms with Crippen LogP contribution in [0.5, 0.6) is 0 Å². The summed E-state index contributed by atoms with van der Waals surface area (Å²) < 4.78 is 18.8. The fraction of sp³-hybridized carbons (Fsp3) is 0.632. The van der Waals surface area contributed by atoms with Crippen molar-refractivity contribution in [1.82, 2.24) is 10.2 Å². The van der Waals surface area contributed by atoms with Crippen molar-refractivity contribution in [1.29, 1.82) is 0 Å². The van der Waals surface area contributed by atoms with Crippen LogP contribution in [0.25, 0.3) is 0 Å². The van der Waals surface area contributed by atoms with Crippen molar-refractivity contribution in [3.8, 4) is 0 Å². The average molecular weight is 365 g/mol. The van der Waals surface area contributed by atoms with Crippen LogP contribution in [0.15, 0.2) is 24.3 Å². The number of piperidine rings is 1. The lowest BCUT2D eigenvalue weighted by Crippen LogP contribution is -2.61. The summed E-state index contributed by atoms with van der Waals surface area (Å²) in [6.07, 6.45) is 1.27. The number of aliphatic hydroxyl groups is 1. The number of hydrogen-bond donors (Lipinski definition) is 2. The molecule has 2 heterocycles. The molecular weight excluding hydrogens is 337 g/mol. The number of ether oxygens (including phenoxy) is 1. The summed E-state index contributed by atoms with van der Waals surface area (Å²) in [6, 6.07) is 6.47. The van der Waals surface area contributed by atoms with E-state index in [1.165, 1.54) is 12.1 Å². The van der Waals surface area contributed by atoms with Crippen molar-refractivity contribution in [2.24, 2.45) is 0 Å². The maximum Gasteiger partial charge on any atom is 0.253 e. The molecule has 6 nitrogen and oxygen atoms in total. The van der Waals surface area contributed by atoms with Crippen LogP contribution in [0.4, 0.5) is 10.1 Å². The zero-order valence-corrected chi connectivity index (χ0v) is 15.5. The molecule has 26 heavy (non-hydrogen) atoms. The first-order valence-corrected chi connectivity index (χ1v) is 9.15. The molecule has 1 amide bonds. The Bertz CT molecular complexity index is 631. The first-order chi connectivity index (χ1) is 12.3. The third-order valence-electron chi connectivity index (χ3n) is 5.46. The highest BCUT2D eigenvalue weighted by molar-refractivity contribution is 5.84. The number of nitrogens with zero attached hydrogens (tertiary/aromatic N) is 2. The first kappa shape index (κ1) is 19.1. The number of amides is 1. The lowest BCUT2D eigenvalue weighted by molar-refractivity contribution is -0.159. The summed E-state index contributed by atoms with van der Waals surface area (Å²) in [5, 5.41) is 13.7. The summed E-state index contributed by atoms with van der Waals surface area (Å²) in [5.41, 5.74) is -0.678. The summed E-state index contributed by atoms with van der Waals surface area (Å²) >= 11 is 0. The van der Waals surface area contributed by atoms with Gasteiger partial charge in [0, 0.05) is 45.5 Å². The second-order valence-electron chi connectivity index (χ2n) is 7.56.